The number of carbonyl (C=O) groups is 1. The van der Waals surface area contributed by atoms with Gasteiger partial charge in [-0.05, 0) is 51.7 Å². The van der Waals surface area contributed by atoms with Crippen LogP contribution in [-0.2, 0) is 16.8 Å². The Morgan fingerprint density at radius 1 is 1.32 bits per heavy atom. The molecule has 0 bridgehead atoms. The first-order valence-electron chi connectivity index (χ1n) is 10.0. The summed E-state index contributed by atoms with van der Waals surface area (Å²) in [4.78, 5) is 12.8. The van der Waals surface area contributed by atoms with Crippen LogP contribution in [0.5, 0.6) is 0 Å². The van der Waals surface area contributed by atoms with Crippen LogP contribution in [0.4, 0.5) is 0 Å². The first-order valence-corrected chi connectivity index (χ1v) is 10.4. The predicted molar refractivity (Wildman–Crippen MR) is 110 cm³/mol. The highest BCUT2D eigenvalue weighted by molar-refractivity contribution is 6.31. The molecule has 7 heteroatoms. The lowest BCUT2D eigenvalue weighted by molar-refractivity contribution is -0.123. The standard InChI is InChI=1S/C21H28ClN5O/c1-4-27-14(3)19(13(2)26-27)17-11-18(25-24-17)20(28)23-12-21(9-10-21)15-7-5-6-8-16(15)22/h5-8,17-18,24-25H,4,9-12H2,1-3H3,(H,23,28). The molecule has 2 unspecified atom stereocenters. The molecular formula is C21H28ClN5O. The van der Waals surface area contributed by atoms with Gasteiger partial charge in [0, 0.05) is 34.8 Å². The van der Waals surface area contributed by atoms with Gasteiger partial charge in [-0.15, -0.1) is 0 Å². The first-order chi connectivity index (χ1) is 13.4. The molecule has 1 saturated heterocycles. The molecule has 2 aromatic rings. The minimum absolute atomic E-state index is 0.00508. The molecule has 1 saturated carbocycles. The molecule has 1 aromatic heterocycles. The third-order valence-corrected chi connectivity index (χ3v) is 6.53. The zero-order chi connectivity index (χ0) is 19.9. The molecule has 1 aromatic carbocycles. The topological polar surface area (TPSA) is 71.0 Å². The van der Waals surface area contributed by atoms with Crippen LogP contribution in [0.2, 0.25) is 5.02 Å². The molecule has 1 aliphatic carbocycles. The van der Waals surface area contributed by atoms with Crippen LogP contribution in [-0.4, -0.2) is 28.3 Å². The number of rotatable bonds is 6. The summed E-state index contributed by atoms with van der Waals surface area (Å²) in [5.74, 6) is 0.0338. The van der Waals surface area contributed by atoms with E-state index in [1.165, 1.54) is 5.56 Å². The Morgan fingerprint density at radius 3 is 2.71 bits per heavy atom. The predicted octanol–water partition coefficient (Wildman–Crippen LogP) is 2.93. The molecule has 28 heavy (non-hydrogen) atoms. The number of hydrazine groups is 1. The highest BCUT2D eigenvalue weighted by Crippen LogP contribution is 2.49. The van der Waals surface area contributed by atoms with Crippen LogP contribution in [0.1, 0.15) is 54.7 Å². The Labute approximate surface area is 171 Å². The lowest BCUT2D eigenvalue weighted by atomic mass is 9.95. The minimum atomic E-state index is -0.254. The second-order valence-corrected chi connectivity index (χ2v) is 8.41. The fourth-order valence-corrected chi connectivity index (χ4v) is 4.74. The molecule has 3 N–H and O–H groups in total. The van der Waals surface area contributed by atoms with Crippen molar-refractivity contribution in [3.05, 3.63) is 51.8 Å². The number of benzene rings is 1. The summed E-state index contributed by atoms with van der Waals surface area (Å²) >= 11 is 6.38. The van der Waals surface area contributed by atoms with Gasteiger partial charge in [0.05, 0.1) is 11.7 Å². The molecular weight excluding hydrogens is 374 g/mol. The van der Waals surface area contributed by atoms with Crippen molar-refractivity contribution in [2.24, 2.45) is 0 Å². The normalized spacial score (nSPS) is 23.0. The molecule has 0 spiro atoms. The number of halogens is 1. The van der Waals surface area contributed by atoms with Crippen LogP contribution in [0.3, 0.4) is 0 Å². The number of hydrogen-bond acceptors (Lipinski definition) is 4. The summed E-state index contributed by atoms with van der Waals surface area (Å²) in [6.45, 7) is 7.69. The van der Waals surface area contributed by atoms with Crippen molar-refractivity contribution in [3.8, 4) is 0 Å². The van der Waals surface area contributed by atoms with E-state index in [1.807, 2.05) is 29.8 Å². The molecule has 1 aliphatic heterocycles. The van der Waals surface area contributed by atoms with E-state index in [1.54, 1.807) is 0 Å². The average Bonchev–Trinajstić information content (AvgIpc) is 3.21. The van der Waals surface area contributed by atoms with Crippen molar-refractivity contribution in [3.63, 3.8) is 0 Å². The Balaban J connectivity index is 1.38. The van der Waals surface area contributed by atoms with Gasteiger partial charge in [0.2, 0.25) is 5.91 Å². The summed E-state index contributed by atoms with van der Waals surface area (Å²) in [6, 6.07) is 7.79. The Hall–Kier alpha value is -1.89. The highest BCUT2D eigenvalue weighted by atomic mass is 35.5. The number of hydrogen-bond donors (Lipinski definition) is 3. The number of amides is 1. The van der Waals surface area contributed by atoms with E-state index in [4.69, 9.17) is 11.6 Å². The average molecular weight is 402 g/mol. The minimum Gasteiger partial charge on any atom is -0.354 e. The number of nitrogens with one attached hydrogen (secondary N) is 3. The Bertz CT molecular complexity index is 889. The van der Waals surface area contributed by atoms with Gasteiger partial charge in [0.1, 0.15) is 6.04 Å². The van der Waals surface area contributed by atoms with Crippen molar-refractivity contribution in [1.29, 1.82) is 0 Å². The maximum Gasteiger partial charge on any atom is 0.238 e. The van der Waals surface area contributed by atoms with E-state index in [2.05, 4.69) is 41.2 Å². The first kappa shape index (κ1) is 19.4. The maximum absolute atomic E-state index is 12.8. The van der Waals surface area contributed by atoms with Crippen molar-refractivity contribution >= 4 is 17.5 Å². The second-order valence-electron chi connectivity index (χ2n) is 8.01. The van der Waals surface area contributed by atoms with Crippen molar-refractivity contribution in [2.45, 2.75) is 64.1 Å². The summed E-state index contributed by atoms with van der Waals surface area (Å²) in [7, 11) is 0. The molecule has 1 amide bonds. The van der Waals surface area contributed by atoms with Gasteiger partial charge in [0.25, 0.3) is 0 Å². The molecule has 2 aliphatic rings. The SMILES string of the molecule is CCn1nc(C)c(C2CC(C(=O)NCC3(c4ccccc4Cl)CC3)NN2)c1C. The van der Waals surface area contributed by atoms with Crippen molar-refractivity contribution in [1.82, 2.24) is 25.9 Å². The molecule has 2 heterocycles. The summed E-state index contributed by atoms with van der Waals surface area (Å²) in [6.07, 6.45) is 2.83. The van der Waals surface area contributed by atoms with E-state index in [0.717, 1.165) is 41.4 Å². The van der Waals surface area contributed by atoms with Crippen molar-refractivity contribution in [2.75, 3.05) is 6.54 Å². The van der Waals surface area contributed by atoms with Crippen LogP contribution < -0.4 is 16.2 Å². The quantitative estimate of drug-likeness (QED) is 0.696. The molecule has 0 radical (unpaired) electrons. The smallest absolute Gasteiger partial charge is 0.238 e. The fourth-order valence-electron chi connectivity index (χ4n) is 4.40. The van der Waals surface area contributed by atoms with Crippen molar-refractivity contribution < 1.29 is 4.79 Å². The molecule has 2 atom stereocenters. The van der Waals surface area contributed by atoms with Crippen LogP contribution >= 0.6 is 11.6 Å². The summed E-state index contributed by atoms with van der Waals surface area (Å²) < 4.78 is 2.01. The molecule has 150 valence electrons. The summed E-state index contributed by atoms with van der Waals surface area (Å²) in [5.41, 5.74) is 11.0. The number of carbonyl (C=O) groups excluding carboxylic acids is 1. The van der Waals surface area contributed by atoms with Gasteiger partial charge in [0.15, 0.2) is 0 Å². The van der Waals surface area contributed by atoms with E-state index < -0.39 is 0 Å². The largest absolute Gasteiger partial charge is 0.354 e. The lowest BCUT2D eigenvalue weighted by Gasteiger charge is -2.19. The van der Waals surface area contributed by atoms with Gasteiger partial charge in [-0.25, -0.2) is 10.9 Å². The maximum atomic E-state index is 12.8. The zero-order valence-electron chi connectivity index (χ0n) is 16.7. The Kier molecular flexibility index (Phi) is 5.21. The molecule has 4 rings (SSSR count). The van der Waals surface area contributed by atoms with Gasteiger partial charge in [-0.1, -0.05) is 29.8 Å². The third kappa shape index (κ3) is 3.45. The second kappa shape index (κ2) is 7.50. The van der Waals surface area contributed by atoms with E-state index in [9.17, 15) is 4.79 Å². The Morgan fingerprint density at radius 2 is 2.07 bits per heavy atom. The van der Waals surface area contributed by atoms with E-state index >= 15 is 0 Å². The highest BCUT2D eigenvalue weighted by Gasteiger charge is 2.46. The van der Waals surface area contributed by atoms with Gasteiger partial charge >= 0.3 is 0 Å². The number of aryl methyl sites for hydroxylation is 2. The molecule has 2 fully saturated rings. The van der Waals surface area contributed by atoms with Gasteiger partial charge in [-0.2, -0.15) is 5.10 Å². The summed E-state index contributed by atoms with van der Waals surface area (Å²) in [5, 5.41) is 8.53. The van der Waals surface area contributed by atoms with Gasteiger partial charge < -0.3 is 5.32 Å². The number of nitrogens with zero attached hydrogens (tertiary/aromatic N) is 2. The van der Waals surface area contributed by atoms with Crippen LogP contribution in [0.25, 0.3) is 0 Å². The lowest BCUT2D eigenvalue weighted by Crippen LogP contribution is -2.45. The third-order valence-electron chi connectivity index (χ3n) is 6.20. The zero-order valence-corrected chi connectivity index (χ0v) is 17.4. The van der Waals surface area contributed by atoms with Crippen LogP contribution in [0, 0.1) is 13.8 Å². The van der Waals surface area contributed by atoms with E-state index in [0.29, 0.717) is 13.0 Å². The van der Waals surface area contributed by atoms with Crippen LogP contribution in [0.15, 0.2) is 24.3 Å². The van der Waals surface area contributed by atoms with E-state index in [-0.39, 0.29) is 23.4 Å². The number of aromatic nitrogens is 2. The van der Waals surface area contributed by atoms with Gasteiger partial charge in [-0.3, -0.25) is 9.48 Å². The monoisotopic (exact) mass is 401 g/mol. The molecule has 6 nitrogen and oxygen atoms in total. The fraction of sp³-hybridized carbons (Fsp3) is 0.524.